The minimum absolute atomic E-state index is 0.308. The van der Waals surface area contributed by atoms with Crippen LogP contribution in [0.4, 0.5) is 0 Å². The van der Waals surface area contributed by atoms with Crippen molar-refractivity contribution in [1.29, 1.82) is 0 Å². The van der Waals surface area contributed by atoms with Gasteiger partial charge in [0.1, 0.15) is 5.75 Å². The molecule has 1 aromatic rings. The maximum absolute atomic E-state index is 9.06. The number of benzene rings is 1. The van der Waals surface area contributed by atoms with E-state index in [1.807, 2.05) is 19.1 Å². The third-order valence-corrected chi connectivity index (χ3v) is 1.89. The van der Waals surface area contributed by atoms with Crippen molar-refractivity contribution in [3.05, 3.63) is 29.8 Å². The molecule has 78 valence electrons. The molecule has 0 saturated heterocycles. The molecule has 0 heterocycles. The van der Waals surface area contributed by atoms with Crippen molar-refractivity contribution >= 4 is 0 Å². The van der Waals surface area contributed by atoms with Crippen molar-refractivity contribution in [3.63, 3.8) is 0 Å². The van der Waals surface area contributed by atoms with Gasteiger partial charge in [-0.3, -0.25) is 0 Å². The van der Waals surface area contributed by atoms with E-state index < -0.39 is 0 Å². The highest BCUT2D eigenvalue weighted by Crippen LogP contribution is 2.08. The van der Waals surface area contributed by atoms with Crippen LogP contribution in [0.1, 0.15) is 12.5 Å². The molecule has 0 aromatic heterocycles. The number of nitrogens with one attached hydrogen (secondary N) is 1. The molecule has 0 aliphatic rings. The lowest BCUT2D eigenvalue weighted by atomic mass is 10.2. The lowest BCUT2D eigenvalue weighted by molar-refractivity contribution is 0.149. The summed E-state index contributed by atoms with van der Waals surface area (Å²) in [7, 11) is 0. The van der Waals surface area contributed by atoms with Crippen LogP contribution in [-0.2, 0) is 11.3 Å². The van der Waals surface area contributed by atoms with Crippen LogP contribution in [0.2, 0.25) is 0 Å². The first-order valence-electron chi connectivity index (χ1n) is 4.89. The fourth-order valence-corrected chi connectivity index (χ4v) is 1.14. The Bertz CT molecular complexity index is 246. The van der Waals surface area contributed by atoms with E-state index in [1.165, 1.54) is 5.56 Å². The predicted molar refractivity (Wildman–Crippen MR) is 56.3 cm³/mol. The van der Waals surface area contributed by atoms with E-state index >= 15 is 0 Å². The standard InChI is InChI=1S/C11H17NO2/c1-2-14-8-7-12-9-10-3-5-11(13)6-4-10/h3-6,12-13H,2,7-9H2,1H3. The van der Waals surface area contributed by atoms with Crippen LogP contribution in [0.3, 0.4) is 0 Å². The van der Waals surface area contributed by atoms with Gasteiger partial charge in [-0.05, 0) is 24.6 Å². The zero-order chi connectivity index (χ0) is 10.2. The van der Waals surface area contributed by atoms with Gasteiger partial charge in [-0.2, -0.15) is 0 Å². The summed E-state index contributed by atoms with van der Waals surface area (Å²) >= 11 is 0. The first kappa shape index (κ1) is 11.0. The number of hydrogen-bond acceptors (Lipinski definition) is 3. The molecule has 0 spiro atoms. The van der Waals surface area contributed by atoms with E-state index in [1.54, 1.807) is 12.1 Å². The van der Waals surface area contributed by atoms with Gasteiger partial charge in [0.25, 0.3) is 0 Å². The van der Waals surface area contributed by atoms with Crippen LogP contribution in [-0.4, -0.2) is 24.9 Å². The van der Waals surface area contributed by atoms with Crippen LogP contribution < -0.4 is 5.32 Å². The van der Waals surface area contributed by atoms with Gasteiger partial charge in [0.15, 0.2) is 0 Å². The molecule has 3 nitrogen and oxygen atoms in total. The minimum atomic E-state index is 0.308. The Balaban J connectivity index is 2.15. The van der Waals surface area contributed by atoms with E-state index in [0.29, 0.717) is 5.75 Å². The van der Waals surface area contributed by atoms with Crippen LogP contribution in [0.15, 0.2) is 24.3 Å². The molecular weight excluding hydrogens is 178 g/mol. The second kappa shape index (κ2) is 6.40. The minimum Gasteiger partial charge on any atom is -0.508 e. The highest BCUT2D eigenvalue weighted by Gasteiger charge is 1.92. The molecule has 0 radical (unpaired) electrons. The average Bonchev–Trinajstić information content (AvgIpc) is 2.21. The van der Waals surface area contributed by atoms with Crippen LogP contribution >= 0.6 is 0 Å². The van der Waals surface area contributed by atoms with Gasteiger partial charge >= 0.3 is 0 Å². The zero-order valence-corrected chi connectivity index (χ0v) is 8.49. The van der Waals surface area contributed by atoms with Gasteiger partial charge in [-0.25, -0.2) is 0 Å². The highest BCUT2D eigenvalue weighted by atomic mass is 16.5. The third kappa shape index (κ3) is 4.25. The van der Waals surface area contributed by atoms with Crippen molar-refractivity contribution in [1.82, 2.24) is 5.32 Å². The van der Waals surface area contributed by atoms with Gasteiger partial charge in [0.2, 0.25) is 0 Å². The summed E-state index contributed by atoms with van der Waals surface area (Å²) in [5, 5.41) is 12.3. The van der Waals surface area contributed by atoms with Crippen molar-refractivity contribution in [2.75, 3.05) is 19.8 Å². The molecule has 0 amide bonds. The van der Waals surface area contributed by atoms with Crippen molar-refractivity contribution in [2.45, 2.75) is 13.5 Å². The van der Waals surface area contributed by atoms with Gasteiger partial charge in [-0.1, -0.05) is 12.1 Å². The molecule has 0 atom stereocenters. The number of hydrogen-bond donors (Lipinski definition) is 2. The summed E-state index contributed by atoms with van der Waals surface area (Å²) in [5.74, 6) is 0.308. The normalized spacial score (nSPS) is 10.4. The largest absolute Gasteiger partial charge is 0.508 e. The maximum Gasteiger partial charge on any atom is 0.115 e. The molecule has 14 heavy (non-hydrogen) atoms. The number of aromatic hydroxyl groups is 1. The second-order valence-electron chi connectivity index (χ2n) is 3.04. The Morgan fingerprint density at radius 2 is 2.00 bits per heavy atom. The van der Waals surface area contributed by atoms with E-state index in [4.69, 9.17) is 9.84 Å². The number of phenolic OH excluding ortho intramolecular Hbond substituents is 1. The molecule has 0 aliphatic carbocycles. The fraction of sp³-hybridized carbons (Fsp3) is 0.455. The van der Waals surface area contributed by atoms with Crippen molar-refractivity contribution in [3.8, 4) is 5.75 Å². The maximum atomic E-state index is 9.06. The molecule has 0 fully saturated rings. The monoisotopic (exact) mass is 195 g/mol. The number of phenols is 1. The Hall–Kier alpha value is -1.06. The van der Waals surface area contributed by atoms with Gasteiger partial charge in [-0.15, -0.1) is 0 Å². The fourth-order valence-electron chi connectivity index (χ4n) is 1.14. The predicted octanol–water partition coefficient (Wildman–Crippen LogP) is 1.52. The summed E-state index contributed by atoms with van der Waals surface area (Å²) in [6, 6.07) is 7.20. The Morgan fingerprint density at radius 3 is 2.64 bits per heavy atom. The molecule has 3 heteroatoms. The number of rotatable bonds is 6. The van der Waals surface area contributed by atoms with E-state index in [-0.39, 0.29) is 0 Å². The number of ether oxygens (including phenoxy) is 1. The zero-order valence-electron chi connectivity index (χ0n) is 8.49. The summed E-state index contributed by atoms with van der Waals surface area (Å²) < 4.78 is 5.19. The molecule has 2 N–H and O–H groups in total. The Morgan fingerprint density at radius 1 is 1.29 bits per heavy atom. The van der Waals surface area contributed by atoms with Crippen LogP contribution in [0, 0.1) is 0 Å². The van der Waals surface area contributed by atoms with Crippen LogP contribution in [0.5, 0.6) is 5.75 Å². The summed E-state index contributed by atoms with van der Waals surface area (Å²) in [4.78, 5) is 0. The van der Waals surface area contributed by atoms with E-state index in [9.17, 15) is 0 Å². The quantitative estimate of drug-likeness (QED) is 0.676. The molecule has 0 aliphatic heterocycles. The van der Waals surface area contributed by atoms with Crippen molar-refractivity contribution < 1.29 is 9.84 Å². The first-order valence-corrected chi connectivity index (χ1v) is 4.89. The molecule has 0 bridgehead atoms. The lowest BCUT2D eigenvalue weighted by Crippen LogP contribution is -2.19. The summed E-state index contributed by atoms with van der Waals surface area (Å²) in [6.07, 6.45) is 0. The summed E-state index contributed by atoms with van der Waals surface area (Å²) in [6.45, 7) is 5.16. The van der Waals surface area contributed by atoms with Crippen LogP contribution in [0.25, 0.3) is 0 Å². The summed E-state index contributed by atoms with van der Waals surface area (Å²) in [5.41, 5.74) is 1.17. The van der Waals surface area contributed by atoms with E-state index in [0.717, 1.165) is 26.3 Å². The first-order chi connectivity index (χ1) is 6.83. The average molecular weight is 195 g/mol. The molecule has 1 rings (SSSR count). The van der Waals surface area contributed by atoms with Gasteiger partial charge < -0.3 is 15.2 Å². The Kier molecular flexibility index (Phi) is 5.04. The smallest absolute Gasteiger partial charge is 0.115 e. The SMILES string of the molecule is CCOCCNCc1ccc(O)cc1. The van der Waals surface area contributed by atoms with Gasteiger partial charge in [0.05, 0.1) is 6.61 Å². The highest BCUT2D eigenvalue weighted by molar-refractivity contribution is 5.25. The molecule has 0 saturated carbocycles. The van der Waals surface area contributed by atoms with Gasteiger partial charge in [0, 0.05) is 19.7 Å². The third-order valence-electron chi connectivity index (χ3n) is 1.89. The lowest BCUT2D eigenvalue weighted by Gasteiger charge is -2.04. The molecule has 0 unspecified atom stereocenters. The van der Waals surface area contributed by atoms with E-state index in [2.05, 4.69) is 5.32 Å². The molecular formula is C11H17NO2. The molecule has 1 aromatic carbocycles. The van der Waals surface area contributed by atoms with Crippen molar-refractivity contribution in [2.24, 2.45) is 0 Å². The Labute approximate surface area is 84.7 Å². The second-order valence-corrected chi connectivity index (χ2v) is 3.04. The topological polar surface area (TPSA) is 41.5 Å².